The molecule has 0 saturated carbocycles. The van der Waals surface area contributed by atoms with E-state index in [2.05, 4.69) is 0 Å². The molecule has 0 fully saturated rings. The van der Waals surface area contributed by atoms with Gasteiger partial charge in [-0.2, -0.15) is 0 Å². The summed E-state index contributed by atoms with van der Waals surface area (Å²) in [4.78, 5) is 12.9. The first-order valence-corrected chi connectivity index (χ1v) is 10.0. The first kappa shape index (κ1) is 17.2. The van der Waals surface area contributed by atoms with Crippen LogP contribution in [0.1, 0.15) is 10.4 Å². The Labute approximate surface area is 157 Å². The maximum Gasteiger partial charge on any atom is 0.199 e. The zero-order valence-corrected chi connectivity index (χ0v) is 15.2. The molecule has 132 valence electrons. The van der Waals surface area contributed by atoms with Crippen molar-refractivity contribution in [1.82, 2.24) is 0 Å². The van der Waals surface area contributed by atoms with Crippen molar-refractivity contribution < 1.29 is 13.2 Å². The van der Waals surface area contributed by atoms with Gasteiger partial charge in [-0.15, -0.1) is 0 Å². The topological polar surface area (TPSA) is 51.2 Å². The van der Waals surface area contributed by atoms with Crippen LogP contribution < -0.4 is 0 Å². The molecule has 4 rings (SSSR count). The minimum Gasteiger partial charge on any atom is -0.289 e. The van der Waals surface area contributed by atoms with Crippen molar-refractivity contribution in [3.63, 3.8) is 0 Å². The van der Waals surface area contributed by atoms with Gasteiger partial charge in [0.05, 0.1) is 4.90 Å². The molecule has 0 bridgehead atoms. The first-order valence-electron chi connectivity index (χ1n) is 8.49. The molecular weight excluding hydrogens is 356 g/mol. The van der Waals surface area contributed by atoms with Crippen molar-refractivity contribution in [2.24, 2.45) is 0 Å². The standard InChI is InChI=1S/C23H16O3S/c24-23(13-14-27(25,26)20-10-2-1-3-11-20)21-12-6-9-19-15-17-7-4-5-8-18(17)16-22(19)21/h1-16H/b14-13+. The highest BCUT2D eigenvalue weighted by Gasteiger charge is 2.12. The van der Waals surface area contributed by atoms with Crippen LogP contribution in [0.5, 0.6) is 0 Å². The van der Waals surface area contributed by atoms with Crippen molar-refractivity contribution in [3.8, 4) is 0 Å². The second-order valence-corrected chi connectivity index (χ2v) is 8.08. The average Bonchev–Trinajstić information content (AvgIpc) is 2.70. The van der Waals surface area contributed by atoms with Crippen molar-refractivity contribution in [2.75, 3.05) is 0 Å². The Hall–Kier alpha value is -3.24. The Morgan fingerprint density at radius 1 is 0.704 bits per heavy atom. The molecule has 0 aliphatic rings. The highest BCUT2D eigenvalue weighted by Crippen LogP contribution is 2.26. The normalized spacial score (nSPS) is 12.0. The van der Waals surface area contributed by atoms with Crippen LogP contribution in [0.25, 0.3) is 21.5 Å². The number of sulfone groups is 1. The molecule has 0 aliphatic carbocycles. The van der Waals surface area contributed by atoms with Crippen LogP contribution in [0, 0.1) is 0 Å². The zero-order valence-electron chi connectivity index (χ0n) is 14.4. The molecule has 4 heteroatoms. The van der Waals surface area contributed by atoms with Gasteiger partial charge in [-0.25, -0.2) is 8.42 Å². The SMILES string of the molecule is O=C(/C=C/S(=O)(=O)c1ccccc1)c1cccc2cc3ccccc3cc12. The van der Waals surface area contributed by atoms with E-state index in [4.69, 9.17) is 0 Å². The van der Waals surface area contributed by atoms with E-state index in [0.717, 1.165) is 33.0 Å². The van der Waals surface area contributed by atoms with Gasteiger partial charge in [0.2, 0.25) is 0 Å². The summed E-state index contributed by atoms with van der Waals surface area (Å²) in [6.45, 7) is 0. The Morgan fingerprint density at radius 3 is 2.07 bits per heavy atom. The molecule has 0 saturated heterocycles. The lowest BCUT2D eigenvalue weighted by Crippen LogP contribution is -2.00. The molecular formula is C23H16O3S. The number of hydrogen-bond donors (Lipinski definition) is 0. The molecule has 0 heterocycles. The third-order valence-electron chi connectivity index (χ3n) is 4.48. The van der Waals surface area contributed by atoms with Crippen LogP contribution in [0.4, 0.5) is 0 Å². The number of fused-ring (bicyclic) bond motifs is 2. The van der Waals surface area contributed by atoms with Crippen LogP contribution in [-0.4, -0.2) is 14.2 Å². The van der Waals surface area contributed by atoms with Gasteiger partial charge >= 0.3 is 0 Å². The van der Waals surface area contributed by atoms with Crippen LogP contribution in [-0.2, 0) is 9.84 Å². The maximum atomic E-state index is 12.7. The summed E-state index contributed by atoms with van der Waals surface area (Å²) >= 11 is 0. The summed E-state index contributed by atoms with van der Waals surface area (Å²) in [5.74, 6) is -0.338. The van der Waals surface area contributed by atoms with Crippen molar-refractivity contribution in [1.29, 1.82) is 0 Å². The van der Waals surface area contributed by atoms with Crippen LogP contribution in [0.15, 0.2) is 101 Å². The quantitative estimate of drug-likeness (QED) is 0.282. The number of hydrogen-bond acceptors (Lipinski definition) is 3. The predicted octanol–water partition coefficient (Wildman–Crippen LogP) is 5.16. The molecule has 0 radical (unpaired) electrons. The molecule has 0 spiro atoms. The summed E-state index contributed by atoms with van der Waals surface area (Å²) in [7, 11) is -3.65. The van der Waals surface area contributed by atoms with Gasteiger partial charge in [-0.05, 0) is 51.9 Å². The number of allylic oxidation sites excluding steroid dienone is 1. The molecule has 0 atom stereocenters. The first-order chi connectivity index (χ1) is 13.0. The predicted molar refractivity (Wildman–Crippen MR) is 109 cm³/mol. The zero-order chi connectivity index (χ0) is 18.9. The second-order valence-electron chi connectivity index (χ2n) is 6.25. The Balaban J connectivity index is 1.76. The van der Waals surface area contributed by atoms with E-state index in [1.165, 1.54) is 12.1 Å². The van der Waals surface area contributed by atoms with E-state index >= 15 is 0 Å². The van der Waals surface area contributed by atoms with E-state index in [0.29, 0.717) is 5.56 Å². The minimum atomic E-state index is -3.65. The van der Waals surface area contributed by atoms with E-state index in [1.54, 1.807) is 24.3 Å². The summed E-state index contributed by atoms with van der Waals surface area (Å²) in [5.41, 5.74) is 0.484. The van der Waals surface area contributed by atoms with Crippen LogP contribution in [0.2, 0.25) is 0 Å². The van der Waals surface area contributed by atoms with Gasteiger partial charge in [-0.1, -0.05) is 60.7 Å². The molecule has 4 aromatic carbocycles. The highest BCUT2D eigenvalue weighted by atomic mass is 32.2. The lowest BCUT2D eigenvalue weighted by atomic mass is 9.98. The monoisotopic (exact) mass is 372 g/mol. The van der Waals surface area contributed by atoms with Crippen LogP contribution >= 0.6 is 0 Å². The van der Waals surface area contributed by atoms with Gasteiger partial charge in [0, 0.05) is 11.0 Å². The molecule has 27 heavy (non-hydrogen) atoms. The Morgan fingerprint density at radius 2 is 1.33 bits per heavy atom. The number of carbonyl (C=O) groups is 1. The summed E-state index contributed by atoms with van der Waals surface area (Å²) in [6.07, 6.45) is 1.13. The molecule has 0 amide bonds. The number of benzene rings is 4. The highest BCUT2D eigenvalue weighted by molar-refractivity contribution is 7.94. The van der Waals surface area contributed by atoms with Gasteiger partial charge in [-0.3, -0.25) is 4.79 Å². The smallest absolute Gasteiger partial charge is 0.199 e. The van der Waals surface area contributed by atoms with Crippen molar-refractivity contribution in [2.45, 2.75) is 4.90 Å². The summed E-state index contributed by atoms with van der Waals surface area (Å²) in [6, 6.07) is 25.5. The fraction of sp³-hybridized carbons (Fsp3) is 0. The van der Waals surface area contributed by atoms with Crippen molar-refractivity contribution >= 4 is 37.2 Å². The largest absolute Gasteiger partial charge is 0.289 e. The molecule has 4 aromatic rings. The maximum absolute atomic E-state index is 12.7. The fourth-order valence-electron chi connectivity index (χ4n) is 3.11. The lowest BCUT2D eigenvalue weighted by molar-refractivity contribution is 0.104. The minimum absolute atomic E-state index is 0.165. The lowest BCUT2D eigenvalue weighted by Gasteiger charge is -2.06. The fourth-order valence-corrected chi connectivity index (χ4v) is 4.11. The van der Waals surface area contributed by atoms with E-state index in [9.17, 15) is 13.2 Å². The van der Waals surface area contributed by atoms with Gasteiger partial charge in [0.15, 0.2) is 15.6 Å². The molecule has 0 N–H and O–H groups in total. The Kier molecular flexibility index (Phi) is 4.34. The Bertz CT molecular complexity index is 1290. The summed E-state index contributed by atoms with van der Waals surface area (Å²) < 4.78 is 24.7. The van der Waals surface area contributed by atoms with Crippen LogP contribution in [0.3, 0.4) is 0 Å². The van der Waals surface area contributed by atoms with E-state index in [-0.39, 0.29) is 10.7 Å². The molecule has 0 unspecified atom stereocenters. The third-order valence-corrected chi connectivity index (χ3v) is 5.91. The number of ketones is 1. The summed E-state index contributed by atoms with van der Waals surface area (Å²) in [5, 5.41) is 4.86. The molecule has 0 aliphatic heterocycles. The molecule has 3 nitrogen and oxygen atoms in total. The van der Waals surface area contributed by atoms with Gasteiger partial charge < -0.3 is 0 Å². The van der Waals surface area contributed by atoms with Gasteiger partial charge in [0.25, 0.3) is 0 Å². The number of carbonyl (C=O) groups excluding carboxylic acids is 1. The van der Waals surface area contributed by atoms with E-state index in [1.807, 2.05) is 48.5 Å². The van der Waals surface area contributed by atoms with Crippen molar-refractivity contribution in [3.05, 3.63) is 102 Å². The second kappa shape index (κ2) is 6.82. The van der Waals surface area contributed by atoms with E-state index < -0.39 is 9.84 Å². The molecule has 0 aromatic heterocycles. The third kappa shape index (κ3) is 3.39. The van der Waals surface area contributed by atoms with Gasteiger partial charge in [0.1, 0.15) is 0 Å². The average molecular weight is 372 g/mol. The number of rotatable bonds is 4.